The average molecular weight is 676 g/mol. The van der Waals surface area contributed by atoms with Crippen molar-refractivity contribution in [3.63, 3.8) is 0 Å². The van der Waals surface area contributed by atoms with Crippen LogP contribution in [0.2, 0.25) is 5.02 Å². The summed E-state index contributed by atoms with van der Waals surface area (Å²) in [4.78, 5) is 17.6. The Labute approximate surface area is 282 Å². The molecule has 0 saturated carbocycles. The first-order valence-corrected chi connectivity index (χ1v) is 15.5. The van der Waals surface area contributed by atoms with E-state index in [1.807, 2.05) is 0 Å². The highest BCUT2D eigenvalue weighted by Gasteiger charge is 2.22. The summed E-state index contributed by atoms with van der Waals surface area (Å²) in [6.45, 7) is 2.00. The summed E-state index contributed by atoms with van der Waals surface area (Å²) in [5.74, 6) is 0.0897. The summed E-state index contributed by atoms with van der Waals surface area (Å²) in [5, 5.41) is 20.2. The van der Waals surface area contributed by atoms with Gasteiger partial charge in [0.1, 0.15) is 41.8 Å². The molecule has 0 radical (unpaired) electrons. The number of amides is 1. The Kier molecular flexibility index (Phi) is 12.1. The molecule has 0 spiro atoms. The third kappa shape index (κ3) is 8.97. The van der Waals surface area contributed by atoms with Crippen molar-refractivity contribution in [1.29, 1.82) is 5.26 Å². The lowest BCUT2D eigenvalue weighted by Crippen LogP contribution is -2.29. The van der Waals surface area contributed by atoms with Gasteiger partial charge < -0.3 is 39.6 Å². The lowest BCUT2D eigenvalue weighted by Gasteiger charge is -2.19. The van der Waals surface area contributed by atoms with Gasteiger partial charge in [0.2, 0.25) is 5.91 Å². The van der Waals surface area contributed by atoms with Crippen LogP contribution in [0.15, 0.2) is 72.9 Å². The Bertz CT molecular complexity index is 1810. The van der Waals surface area contributed by atoms with Crippen LogP contribution in [0, 0.1) is 17.1 Å². The molecule has 5 rings (SSSR count). The van der Waals surface area contributed by atoms with Crippen molar-refractivity contribution in [2.75, 3.05) is 51.2 Å². The van der Waals surface area contributed by atoms with Gasteiger partial charge in [0.15, 0.2) is 6.29 Å². The summed E-state index contributed by atoms with van der Waals surface area (Å²) in [5.41, 5.74) is 2.75. The van der Waals surface area contributed by atoms with Crippen LogP contribution < -0.4 is 25.4 Å². The first-order valence-electron chi connectivity index (χ1n) is 15.2. The third-order valence-electron chi connectivity index (χ3n) is 7.40. The second kappa shape index (κ2) is 16.9. The van der Waals surface area contributed by atoms with E-state index in [2.05, 4.69) is 27.0 Å². The van der Waals surface area contributed by atoms with Crippen molar-refractivity contribution in [1.82, 2.24) is 10.3 Å². The number of benzene rings is 3. The summed E-state index contributed by atoms with van der Waals surface area (Å²) in [6, 6.07) is 16.9. The lowest BCUT2D eigenvalue weighted by molar-refractivity contribution is -0.111. The monoisotopic (exact) mass is 675 g/mol. The van der Waals surface area contributed by atoms with Crippen LogP contribution >= 0.6 is 11.6 Å². The first-order chi connectivity index (χ1) is 23.4. The molecule has 1 aliphatic rings. The normalized spacial score (nSPS) is 14.4. The van der Waals surface area contributed by atoms with Gasteiger partial charge in [0.05, 0.1) is 35.0 Å². The number of anilines is 3. The van der Waals surface area contributed by atoms with Crippen molar-refractivity contribution < 1.29 is 32.9 Å². The number of aromatic nitrogens is 1. The maximum Gasteiger partial charge on any atom is 0.248 e. The predicted octanol–water partition coefficient (Wildman–Crippen LogP) is 6.09. The maximum atomic E-state index is 13.6. The number of hydrogen-bond acceptors (Lipinski definition) is 10. The van der Waals surface area contributed by atoms with E-state index in [4.69, 9.17) is 35.3 Å². The van der Waals surface area contributed by atoms with Crippen LogP contribution in [0.25, 0.3) is 10.9 Å². The standard InChI is InChI=1S/C35H35ClFN5O6/c1-44-32(45-2)19-39-13-4-7-31(43)42-35-30(48-26-12-14-46-21-26)11-9-27-33(23(17-38)18-40-34(27)35)41-25-8-10-29(28(36)16-25)47-20-22-5-3-6-24(37)15-22/h3-11,15-16,18,26,32,39H,12-14,19-21H2,1-2H3,(H,40,41)(H,42,43)/b7-4+/t26-/m0/s1. The van der Waals surface area contributed by atoms with Gasteiger partial charge in [-0.1, -0.05) is 29.8 Å². The molecule has 1 atom stereocenters. The molecule has 1 aromatic heterocycles. The minimum atomic E-state index is -0.400. The molecular weight excluding hydrogens is 641 g/mol. The Balaban J connectivity index is 1.39. The molecule has 0 aliphatic carbocycles. The van der Waals surface area contributed by atoms with E-state index < -0.39 is 12.2 Å². The summed E-state index contributed by atoms with van der Waals surface area (Å²) >= 11 is 6.55. The number of hydrogen-bond donors (Lipinski definition) is 3. The van der Waals surface area contributed by atoms with E-state index in [-0.39, 0.29) is 24.1 Å². The second-order valence-electron chi connectivity index (χ2n) is 10.7. The number of fused-ring (bicyclic) bond motifs is 1. The van der Waals surface area contributed by atoms with E-state index in [1.165, 1.54) is 24.4 Å². The third-order valence-corrected chi connectivity index (χ3v) is 7.70. The Morgan fingerprint density at radius 1 is 1.17 bits per heavy atom. The molecule has 3 aromatic carbocycles. The van der Waals surface area contributed by atoms with Gasteiger partial charge >= 0.3 is 0 Å². The molecule has 1 saturated heterocycles. The van der Waals surface area contributed by atoms with Gasteiger partial charge in [-0.15, -0.1) is 0 Å². The van der Waals surface area contributed by atoms with Crippen molar-refractivity contribution in [2.45, 2.75) is 25.4 Å². The van der Waals surface area contributed by atoms with Crippen LogP contribution in [-0.2, 0) is 25.6 Å². The van der Waals surface area contributed by atoms with Gasteiger partial charge in [-0.2, -0.15) is 5.26 Å². The smallest absolute Gasteiger partial charge is 0.248 e. The van der Waals surface area contributed by atoms with E-state index in [0.717, 1.165) is 0 Å². The molecule has 1 amide bonds. The Hall–Kier alpha value is -4.77. The fourth-order valence-electron chi connectivity index (χ4n) is 4.98. The molecule has 2 heterocycles. The quantitative estimate of drug-likeness (QED) is 0.0771. The number of nitrogens with zero attached hydrogens (tertiary/aromatic N) is 2. The largest absolute Gasteiger partial charge is 0.487 e. The minimum absolute atomic E-state index is 0.136. The van der Waals surface area contributed by atoms with Gasteiger partial charge in [-0.3, -0.25) is 9.78 Å². The number of carbonyl (C=O) groups is 1. The van der Waals surface area contributed by atoms with Gasteiger partial charge in [-0.05, 0) is 48.0 Å². The van der Waals surface area contributed by atoms with Crippen LogP contribution in [-0.4, -0.2) is 63.8 Å². The summed E-state index contributed by atoms with van der Waals surface area (Å²) < 4.78 is 41.4. The van der Waals surface area contributed by atoms with Crippen molar-refractivity contribution in [3.05, 3.63) is 94.9 Å². The van der Waals surface area contributed by atoms with Crippen LogP contribution in [0.1, 0.15) is 17.5 Å². The molecule has 1 fully saturated rings. The molecule has 3 N–H and O–H groups in total. The second-order valence-corrected chi connectivity index (χ2v) is 11.1. The molecule has 1 aliphatic heterocycles. The highest BCUT2D eigenvalue weighted by atomic mass is 35.5. The van der Waals surface area contributed by atoms with Crippen LogP contribution in [0.5, 0.6) is 11.5 Å². The molecule has 250 valence electrons. The predicted molar refractivity (Wildman–Crippen MR) is 180 cm³/mol. The fraction of sp³-hybridized carbons (Fsp3) is 0.286. The zero-order valence-electron chi connectivity index (χ0n) is 26.4. The molecule has 13 heteroatoms. The zero-order chi connectivity index (χ0) is 33.9. The number of rotatable bonds is 15. The van der Waals surface area contributed by atoms with Gasteiger partial charge in [-0.25, -0.2) is 4.39 Å². The Morgan fingerprint density at radius 2 is 2.00 bits per heavy atom. The molecule has 11 nitrogen and oxygen atoms in total. The number of carbonyl (C=O) groups excluding carboxylic acids is 1. The minimum Gasteiger partial charge on any atom is -0.487 e. The molecule has 0 bridgehead atoms. The first kappa shape index (κ1) is 34.6. The zero-order valence-corrected chi connectivity index (χ0v) is 27.2. The van der Waals surface area contributed by atoms with Crippen LogP contribution in [0.3, 0.4) is 0 Å². The SMILES string of the molecule is COC(CNC/C=C/C(=O)Nc1c(O[C@H]2CCOC2)ccc2c(Nc3ccc(OCc4cccc(F)c4)c(Cl)c3)c(C#N)cnc12)OC. The maximum absolute atomic E-state index is 13.6. The van der Waals surface area contributed by atoms with Gasteiger partial charge in [0, 0.05) is 57.1 Å². The number of ether oxygens (including phenoxy) is 5. The molecule has 48 heavy (non-hydrogen) atoms. The van der Waals surface area contributed by atoms with E-state index >= 15 is 0 Å². The molecule has 0 unspecified atom stereocenters. The summed E-state index contributed by atoms with van der Waals surface area (Å²) in [7, 11) is 3.10. The number of methoxy groups -OCH3 is 2. The number of nitriles is 1. The van der Waals surface area contributed by atoms with Crippen molar-refractivity contribution in [3.8, 4) is 17.6 Å². The summed E-state index contributed by atoms with van der Waals surface area (Å²) in [6.07, 6.45) is 4.64. The van der Waals surface area contributed by atoms with E-state index in [0.29, 0.717) is 82.8 Å². The van der Waals surface area contributed by atoms with E-state index in [9.17, 15) is 14.4 Å². The number of pyridine rings is 1. The topological polar surface area (TPSA) is 136 Å². The highest BCUT2D eigenvalue weighted by molar-refractivity contribution is 6.32. The fourth-order valence-corrected chi connectivity index (χ4v) is 5.21. The van der Waals surface area contributed by atoms with Crippen molar-refractivity contribution in [2.24, 2.45) is 0 Å². The Morgan fingerprint density at radius 3 is 2.73 bits per heavy atom. The number of halogens is 2. The molecule has 4 aromatic rings. The lowest BCUT2D eigenvalue weighted by atomic mass is 10.1. The number of nitrogens with one attached hydrogen (secondary N) is 3. The van der Waals surface area contributed by atoms with Gasteiger partial charge in [0.25, 0.3) is 0 Å². The van der Waals surface area contributed by atoms with Crippen LogP contribution in [0.4, 0.5) is 21.5 Å². The highest BCUT2D eigenvalue weighted by Crippen LogP contribution is 2.39. The van der Waals surface area contributed by atoms with E-state index in [1.54, 1.807) is 62.8 Å². The van der Waals surface area contributed by atoms with Crippen molar-refractivity contribution >= 4 is 45.5 Å². The molecular formula is C35H35ClFN5O6. The average Bonchev–Trinajstić information content (AvgIpc) is 3.60.